The first kappa shape index (κ1) is 13.9. The van der Waals surface area contributed by atoms with Crippen LogP contribution in [0.25, 0.3) is 0 Å². The van der Waals surface area contributed by atoms with Crippen LogP contribution in [-0.2, 0) is 17.8 Å². The number of carboxylic acid groups (broad SMARTS) is 1. The van der Waals surface area contributed by atoms with Gasteiger partial charge in [-0.2, -0.15) is 0 Å². The third-order valence-corrected chi connectivity index (χ3v) is 3.96. The van der Waals surface area contributed by atoms with E-state index in [-0.39, 0.29) is 12.4 Å². The first-order valence-corrected chi connectivity index (χ1v) is 6.95. The zero-order chi connectivity index (χ0) is 15.0. The molecule has 2 aromatic carbocycles. The van der Waals surface area contributed by atoms with Crippen LogP contribution in [0, 0.1) is 5.82 Å². The molecule has 0 saturated heterocycles. The molecule has 1 unspecified atom stereocenters. The molecule has 0 bridgehead atoms. The molecular formula is C16H13ClFNO2. The molecule has 3 nitrogen and oxygen atoms in total. The van der Waals surface area contributed by atoms with Gasteiger partial charge in [0.1, 0.15) is 11.9 Å². The molecule has 108 valence electrons. The van der Waals surface area contributed by atoms with Gasteiger partial charge in [0.05, 0.1) is 0 Å². The summed E-state index contributed by atoms with van der Waals surface area (Å²) in [7, 11) is 0. The van der Waals surface area contributed by atoms with E-state index in [1.54, 1.807) is 4.90 Å². The molecule has 1 atom stereocenters. The molecule has 0 aliphatic carbocycles. The number of halogens is 2. The Balaban J connectivity index is 1.98. The van der Waals surface area contributed by atoms with Crippen LogP contribution in [0.4, 0.5) is 10.1 Å². The highest BCUT2D eigenvalue weighted by Crippen LogP contribution is 2.34. The second kappa shape index (κ2) is 5.37. The molecule has 2 aromatic rings. The standard InChI is InChI=1S/C16H13ClFNO2/c17-12-5-6-13(18)11(7-12)9-19-14-4-2-1-3-10(14)8-15(19)16(20)21/h1-7,15H,8-9H2,(H,20,21). The SMILES string of the molecule is O=C(O)C1Cc2ccccc2N1Cc1cc(Cl)ccc1F. The lowest BCUT2D eigenvalue weighted by Gasteiger charge is -2.25. The average molecular weight is 306 g/mol. The van der Waals surface area contributed by atoms with E-state index in [0.29, 0.717) is 17.0 Å². The molecule has 0 radical (unpaired) electrons. The predicted octanol–water partition coefficient (Wildman–Crippen LogP) is 3.50. The maximum Gasteiger partial charge on any atom is 0.326 e. The smallest absolute Gasteiger partial charge is 0.326 e. The molecule has 1 N–H and O–H groups in total. The van der Waals surface area contributed by atoms with Crippen LogP contribution in [-0.4, -0.2) is 17.1 Å². The summed E-state index contributed by atoms with van der Waals surface area (Å²) in [5.41, 5.74) is 2.20. The highest BCUT2D eigenvalue weighted by molar-refractivity contribution is 6.30. The third kappa shape index (κ3) is 2.59. The minimum absolute atomic E-state index is 0.181. The summed E-state index contributed by atoms with van der Waals surface area (Å²) in [6, 6.07) is 11.1. The number of carbonyl (C=O) groups is 1. The largest absolute Gasteiger partial charge is 0.480 e. The average Bonchev–Trinajstić information content (AvgIpc) is 2.82. The van der Waals surface area contributed by atoms with Crippen LogP contribution in [0.2, 0.25) is 5.02 Å². The van der Waals surface area contributed by atoms with Gasteiger partial charge in [-0.25, -0.2) is 9.18 Å². The van der Waals surface area contributed by atoms with Crippen LogP contribution >= 0.6 is 11.6 Å². The lowest BCUT2D eigenvalue weighted by molar-refractivity contribution is -0.138. The van der Waals surface area contributed by atoms with Gasteiger partial charge in [0.25, 0.3) is 0 Å². The molecule has 0 aromatic heterocycles. The Morgan fingerprint density at radius 1 is 1.33 bits per heavy atom. The molecule has 0 spiro atoms. The summed E-state index contributed by atoms with van der Waals surface area (Å²) in [6.07, 6.45) is 0.424. The zero-order valence-electron chi connectivity index (χ0n) is 11.1. The quantitative estimate of drug-likeness (QED) is 0.943. The lowest BCUT2D eigenvalue weighted by atomic mass is 10.1. The molecule has 0 saturated carbocycles. The monoisotopic (exact) mass is 305 g/mol. The van der Waals surface area contributed by atoms with E-state index < -0.39 is 12.0 Å². The number of carboxylic acids is 1. The molecule has 1 heterocycles. The van der Waals surface area contributed by atoms with Crippen LogP contribution in [0.3, 0.4) is 0 Å². The summed E-state index contributed by atoms with van der Waals surface area (Å²) < 4.78 is 13.9. The predicted molar refractivity (Wildman–Crippen MR) is 79.2 cm³/mol. The summed E-state index contributed by atoms with van der Waals surface area (Å²) in [5.74, 6) is -1.29. The first-order valence-electron chi connectivity index (χ1n) is 6.57. The fourth-order valence-corrected chi connectivity index (χ4v) is 2.91. The molecule has 1 aliphatic rings. The van der Waals surface area contributed by atoms with Crippen molar-refractivity contribution in [2.45, 2.75) is 19.0 Å². The van der Waals surface area contributed by atoms with Crippen molar-refractivity contribution < 1.29 is 14.3 Å². The fourth-order valence-electron chi connectivity index (χ4n) is 2.71. The number of para-hydroxylation sites is 1. The number of benzene rings is 2. The molecule has 5 heteroatoms. The third-order valence-electron chi connectivity index (χ3n) is 3.72. The summed E-state index contributed by atoms with van der Waals surface area (Å²) in [6.45, 7) is 0.181. The van der Waals surface area contributed by atoms with Crippen molar-refractivity contribution in [2.24, 2.45) is 0 Å². The van der Waals surface area contributed by atoms with Crippen LogP contribution < -0.4 is 4.90 Å². The summed E-state index contributed by atoms with van der Waals surface area (Å²) in [4.78, 5) is 13.2. The molecule has 3 rings (SSSR count). The van der Waals surface area contributed by atoms with Crippen LogP contribution in [0.5, 0.6) is 0 Å². The number of rotatable bonds is 3. The number of fused-ring (bicyclic) bond motifs is 1. The molecule has 21 heavy (non-hydrogen) atoms. The van der Waals surface area contributed by atoms with Gasteiger partial charge >= 0.3 is 5.97 Å². The highest BCUT2D eigenvalue weighted by atomic mass is 35.5. The number of hydrogen-bond donors (Lipinski definition) is 1. The molecule has 0 fully saturated rings. The summed E-state index contributed by atoms with van der Waals surface area (Å²) >= 11 is 5.90. The zero-order valence-corrected chi connectivity index (χ0v) is 11.8. The maximum atomic E-state index is 13.9. The van der Waals surface area contributed by atoms with Crippen LogP contribution in [0.1, 0.15) is 11.1 Å². The van der Waals surface area contributed by atoms with Gasteiger partial charge in [0.15, 0.2) is 0 Å². The fraction of sp³-hybridized carbons (Fsp3) is 0.188. The number of anilines is 1. The Morgan fingerprint density at radius 2 is 2.10 bits per heavy atom. The van der Waals surface area contributed by atoms with Gasteiger partial charge in [-0.3, -0.25) is 0 Å². The minimum Gasteiger partial charge on any atom is -0.480 e. The van der Waals surface area contributed by atoms with E-state index in [1.807, 2.05) is 24.3 Å². The van der Waals surface area contributed by atoms with Crippen molar-refractivity contribution in [3.8, 4) is 0 Å². The van der Waals surface area contributed by atoms with Gasteiger partial charge in [-0.1, -0.05) is 29.8 Å². The minimum atomic E-state index is -0.909. The van der Waals surface area contributed by atoms with Gasteiger partial charge in [0, 0.05) is 29.2 Å². The van der Waals surface area contributed by atoms with Crippen molar-refractivity contribution in [1.82, 2.24) is 0 Å². The van der Waals surface area contributed by atoms with E-state index in [4.69, 9.17) is 11.6 Å². The van der Waals surface area contributed by atoms with Crippen molar-refractivity contribution in [3.63, 3.8) is 0 Å². The van der Waals surface area contributed by atoms with Crippen molar-refractivity contribution in [3.05, 3.63) is 64.4 Å². The Morgan fingerprint density at radius 3 is 2.86 bits per heavy atom. The van der Waals surface area contributed by atoms with Gasteiger partial charge in [0.2, 0.25) is 0 Å². The van der Waals surface area contributed by atoms with E-state index in [9.17, 15) is 14.3 Å². The number of hydrogen-bond acceptors (Lipinski definition) is 2. The lowest BCUT2D eigenvalue weighted by Crippen LogP contribution is -2.38. The molecular weight excluding hydrogens is 293 g/mol. The molecule has 0 amide bonds. The second-order valence-corrected chi connectivity index (χ2v) is 5.49. The van der Waals surface area contributed by atoms with Crippen molar-refractivity contribution in [2.75, 3.05) is 4.90 Å². The molecule has 1 aliphatic heterocycles. The van der Waals surface area contributed by atoms with Gasteiger partial charge < -0.3 is 10.0 Å². The van der Waals surface area contributed by atoms with Crippen molar-refractivity contribution >= 4 is 23.3 Å². The second-order valence-electron chi connectivity index (χ2n) is 5.05. The Bertz CT molecular complexity index is 704. The summed E-state index contributed by atoms with van der Waals surface area (Å²) in [5, 5.41) is 9.83. The highest BCUT2D eigenvalue weighted by Gasteiger charge is 2.34. The Labute approximate surface area is 126 Å². The number of aliphatic carboxylic acids is 1. The maximum absolute atomic E-state index is 13.9. The van der Waals surface area contributed by atoms with E-state index in [1.165, 1.54) is 18.2 Å². The van der Waals surface area contributed by atoms with Crippen LogP contribution in [0.15, 0.2) is 42.5 Å². The Hall–Kier alpha value is -2.07. The number of nitrogens with zero attached hydrogens (tertiary/aromatic N) is 1. The van der Waals surface area contributed by atoms with Gasteiger partial charge in [-0.05, 0) is 29.8 Å². The Kier molecular flexibility index (Phi) is 3.55. The topological polar surface area (TPSA) is 40.5 Å². The normalized spacial score (nSPS) is 16.9. The van der Waals surface area contributed by atoms with E-state index >= 15 is 0 Å². The van der Waals surface area contributed by atoms with Crippen molar-refractivity contribution in [1.29, 1.82) is 0 Å². The first-order chi connectivity index (χ1) is 10.1. The van der Waals surface area contributed by atoms with E-state index in [0.717, 1.165) is 11.3 Å². The van der Waals surface area contributed by atoms with E-state index in [2.05, 4.69) is 0 Å². The van der Waals surface area contributed by atoms with Gasteiger partial charge in [-0.15, -0.1) is 0 Å².